The minimum absolute atomic E-state index is 0.0785. The van der Waals surface area contributed by atoms with Crippen molar-refractivity contribution in [1.29, 1.82) is 0 Å². The number of methoxy groups -OCH3 is 1. The van der Waals surface area contributed by atoms with Crippen LogP contribution in [0.3, 0.4) is 0 Å². The van der Waals surface area contributed by atoms with Crippen molar-refractivity contribution in [1.82, 2.24) is 9.78 Å². The molecule has 2 aromatic carbocycles. The van der Waals surface area contributed by atoms with Crippen LogP contribution in [0.25, 0.3) is 11.1 Å². The number of benzene rings is 2. The van der Waals surface area contributed by atoms with Crippen LogP contribution in [0.15, 0.2) is 48.5 Å². The topological polar surface area (TPSA) is 85.2 Å². The average molecular weight is 408 g/mol. The van der Waals surface area contributed by atoms with E-state index in [1.807, 2.05) is 30.3 Å². The number of nitrogens with zero attached hydrogens (tertiary/aromatic N) is 2. The fourth-order valence-electron chi connectivity index (χ4n) is 3.56. The second-order valence-corrected chi connectivity index (χ2v) is 7.15. The molecule has 8 heteroatoms. The van der Waals surface area contributed by atoms with Crippen LogP contribution in [0.1, 0.15) is 23.7 Å². The van der Waals surface area contributed by atoms with Gasteiger partial charge in [-0.05, 0) is 30.2 Å². The summed E-state index contributed by atoms with van der Waals surface area (Å²) in [4.78, 5) is 25.1. The molecule has 2 N–H and O–H groups in total. The third kappa shape index (κ3) is 3.69. The maximum absolute atomic E-state index is 14.0. The number of fused-ring (bicyclic) bond motifs is 1. The first-order chi connectivity index (χ1) is 14.5. The third-order valence-corrected chi connectivity index (χ3v) is 4.94. The highest BCUT2D eigenvalue weighted by molar-refractivity contribution is 6.04. The molecule has 0 saturated carbocycles. The van der Waals surface area contributed by atoms with Gasteiger partial charge in [0, 0.05) is 12.7 Å². The number of halogens is 1. The lowest BCUT2D eigenvalue weighted by Gasteiger charge is -2.11. The molecule has 2 amide bonds. The van der Waals surface area contributed by atoms with E-state index in [2.05, 4.69) is 15.7 Å². The highest BCUT2D eigenvalue weighted by Gasteiger charge is 2.37. The summed E-state index contributed by atoms with van der Waals surface area (Å²) in [5.41, 5.74) is 3.14. The van der Waals surface area contributed by atoms with Gasteiger partial charge >= 0.3 is 0 Å². The van der Waals surface area contributed by atoms with Crippen LogP contribution in [0.5, 0.6) is 0 Å². The molecule has 30 heavy (non-hydrogen) atoms. The number of hydrogen-bond acceptors (Lipinski definition) is 4. The lowest BCUT2D eigenvalue weighted by Crippen LogP contribution is -2.24. The summed E-state index contributed by atoms with van der Waals surface area (Å²) in [6.07, 6.45) is -0.172. The summed E-state index contributed by atoms with van der Waals surface area (Å²) >= 11 is 0. The zero-order valence-electron chi connectivity index (χ0n) is 16.6. The smallest absolute Gasteiger partial charge is 0.251 e. The van der Waals surface area contributed by atoms with Crippen molar-refractivity contribution in [2.75, 3.05) is 17.7 Å². The van der Waals surface area contributed by atoms with Crippen LogP contribution < -0.4 is 10.6 Å². The number of ether oxygens (including phenoxy) is 1. The largest absolute Gasteiger partial charge is 0.378 e. The maximum atomic E-state index is 14.0. The Morgan fingerprint density at radius 1 is 1.27 bits per heavy atom. The van der Waals surface area contributed by atoms with E-state index in [1.54, 1.807) is 20.1 Å². The fraction of sp³-hybridized carbons (Fsp3) is 0.227. The number of amides is 2. The second kappa shape index (κ2) is 8.08. The van der Waals surface area contributed by atoms with E-state index in [4.69, 9.17) is 4.74 Å². The SMILES string of the molecule is COCc1nn2c(c1-c1ccccc1)NC(=O)C2CC(=O)Nc1ccc(C)cc1F. The summed E-state index contributed by atoms with van der Waals surface area (Å²) in [5, 5.41) is 9.90. The van der Waals surface area contributed by atoms with Gasteiger partial charge in [-0.25, -0.2) is 9.07 Å². The van der Waals surface area contributed by atoms with Crippen LogP contribution >= 0.6 is 0 Å². The molecule has 1 aromatic heterocycles. The monoisotopic (exact) mass is 408 g/mol. The fourth-order valence-corrected chi connectivity index (χ4v) is 3.56. The first-order valence-electron chi connectivity index (χ1n) is 9.50. The molecule has 0 spiro atoms. The van der Waals surface area contributed by atoms with E-state index in [0.29, 0.717) is 11.5 Å². The Morgan fingerprint density at radius 2 is 2.03 bits per heavy atom. The van der Waals surface area contributed by atoms with E-state index in [1.165, 1.54) is 16.8 Å². The van der Waals surface area contributed by atoms with E-state index >= 15 is 0 Å². The molecule has 4 rings (SSSR count). The molecule has 154 valence electrons. The summed E-state index contributed by atoms with van der Waals surface area (Å²) < 4.78 is 20.8. The maximum Gasteiger partial charge on any atom is 0.251 e. The van der Waals surface area contributed by atoms with Gasteiger partial charge in [-0.2, -0.15) is 5.10 Å². The zero-order chi connectivity index (χ0) is 21.3. The Bertz CT molecular complexity index is 1110. The van der Waals surface area contributed by atoms with Gasteiger partial charge in [0.25, 0.3) is 5.91 Å². The van der Waals surface area contributed by atoms with Crippen LogP contribution in [0, 0.1) is 12.7 Å². The predicted molar refractivity (Wildman–Crippen MR) is 110 cm³/mol. The molecular weight excluding hydrogens is 387 g/mol. The van der Waals surface area contributed by atoms with Crippen molar-refractivity contribution in [3.63, 3.8) is 0 Å². The molecule has 3 aromatic rings. The second-order valence-electron chi connectivity index (χ2n) is 7.15. The number of hydrogen-bond donors (Lipinski definition) is 2. The first kappa shape index (κ1) is 19.8. The summed E-state index contributed by atoms with van der Waals surface area (Å²) in [7, 11) is 1.57. The van der Waals surface area contributed by atoms with Crippen LogP contribution in [0.2, 0.25) is 0 Å². The number of aryl methyl sites for hydroxylation is 1. The van der Waals surface area contributed by atoms with Gasteiger partial charge in [-0.15, -0.1) is 0 Å². The van der Waals surface area contributed by atoms with Gasteiger partial charge in [-0.3, -0.25) is 9.59 Å². The van der Waals surface area contributed by atoms with Crippen molar-refractivity contribution in [3.05, 3.63) is 65.6 Å². The molecule has 1 atom stereocenters. The highest BCUT2D eigenvalue weighted by atomic mass is 19.1. The number of carbonyl (C=O) groups excluding carboxylic acids is 2. The minimum Gasteiger partial charge on any atom is -0.378 e. The standard InChI is InChI=1S/C22H21FN4O3/c1-13-8-9-16(15(23)10-13)24-19(28)11-18-22(29)25-21-20(14-6-4-3-5-7-14)17(12-30-2)26-27(18)21/h3-10,18H,11-12H2,1-2H3,(H,24,28)(H,25,29). The normalized spacial score (nSPS) is 15.0. The number of carbonyl (C=O) groups is 2. The molecule has 1 unspecified atom stereocenters. The zero-order valence-corrected chi connectivity index (χ0v) is 16.6. The Balaban J connectivity index is 1.61. The van der Waals surface area contributed by atoms with Crippen molar-refractivity contribution in [3.8, 4) is 11.1 Å². The number of anilines is 2. The summed E-state index contributed by atoms with van der Waals surface area (Å²) in [6, 6.07) is 13.2. The Morgan fingerprint density at radius 3 is 2.73 bits per heavy atom. The van der Waals surface area contributed by atoms with Gasteiger partial charge < -0.3 is 15.4 Å². The lowest BCUT2D eigenvalue weighted by molar-refractivity contribution is -0.123. The quantitative estimate of drug-likeness (QED) is 0.652. The van der Waals surface area contributed by atoms with Gasteiger partial charge in [0.1, 0.15) is 17.7 Å². The van der Waals surface area contributed by atoms with Crippen LogP contribution in [-0.2, 0) is 20.9 Å². The van der Waals surface area contributed by atoms with E-state index in [9.17, 15) is 14.0 Å². The van der Waals surface area contributed by atoms with Gasteiger partial charge in [0.2, 0.25) is 5.91 Å². The number of nitrogens with one attached hydrogen (secondary N) is 2. The van der Waals surface area contributed by atoms with E-state index < -0.39 is 17.8 Å². The molecule has 0 bridgehead atoms. The molecule has 0 radical (unpaired) electrons. The molecule has 2 heterocycles. The molecule has 0 aliphatic carbocycles. The van der Waals surface area contributed by atoms with Crippen molar-refractivity contribution < 1.29 is 18.7 Å². The van der Waals surface area contributed by atoms with Gasteiger partial charge in [-0.1, -0.05) is 36.4 Å². The Labute approximate surface area is 172 Å². The van der Waals surface area contributed by atoms with E-state index in [-0.39, 0.29) is 24.6 Å². The Hall–Kier alpha value is -3.52. The third-order valence-electron chi connectivity index (χ3n) is 4.94. The molecule has 1 aliphatic heterocycles. The number of rotatable bonds is 6. The molecule has 7 nitrogen and oxygen atoms in total. The van der Waals surface area contributed by atoms with Crippen molar-refractivity contribution >= 4 is 23.3 Å². The van der Waals surface area contributed by atoms with E-state index in [0.717, 1.165) is 16.7 Å². The van der Waals surface area contributed by atoms with Crippen LogP contribution in [-0.4, -0.2) is 28.7 Å². The first-order valence-corrected chi connectivity index (χ1v) is 9.50. The van der Waals surface area contributed by atoms with Crippen LogP contribution in [0.4, 0.5) is 15.9 Å². The van der Waals surface area contributed by atoms with Crippen molar-refractivity contribution in [2.24, 2.45) is 0 Å². The molecular formula is C22H21FN4O3. The van der Waals surface area contributed by atoms with Gasteiger partial charge in [0.15, 0.2) is 0 Å². The number of aromatic nitrogens is 2. The predicted octanol–water partition coefficient (Wildman–Crippen LogP) is 3.67. The average Bonchev–Trinajstić information content (AvgIpc) is 3.20. The highest BCUT2D eigenvalue weighted by Crippen LogP contribution is 2.38. The van der Waals surface area contributed by atoms with Crippen molar-refractivity contribution in [2.45, 2.75) is 26.0 Å². The molecule has 0 fully saturated rings. The summed E-state index contributed by atoms with van der Waals surface area (Å²) in [5.74, 6) is -0.806. The summed E-state index contributed by atoms with van der Waals surface area (Å²) in [6.45, 7) is 2.02. The minimum atomic E-state index is -0.832. The molecule has 0 saturated heterocycles. The van der Waals surface area contributed by atoms with Gasteiger partial charge in [0.05, 0.1) is 24.4 Å². The Kier molecular flexibility index (Phi) is 5.33. The lowest BCUT2D eigenvalue weighted by atomic mass is 10.1. The molecule has 1 aliphatic rings.